The molecule has 11 heteroatoms. The Bertz CT molecular complexity index is 775. The predicted molar refractivity (Wildman–Crippen MR) is 80.2 cm³/mol. The van der Waals surface area contributed by atoms with Crippen molar-refractivity contribution in [3.63, 3.8) is 0 Å². The normalized spacial score (nSPS) is 10.3. The Morgan fingerprint density at radius 2 is 2.00 bits per heavy atom. The minimum Gasteiger partial charge on any atom is -0.358 e. The van der Waals surface area contributed by atoms with Crippen LogP contribution < -0.4 is 5.32 Å². The summed E-state index contributed by atoms with van der Waals surface area (Å²) in [5.41, 5.74) is -0.295. The van der Waals surface area contributed by atoms with E-state index in [2.05, 4.69) is 10.4 Å². The van der Waals surface area contributed by atoms with Gasteiger partial charge in [0.1, 0.15) is 5.69 Å². The van der Waals surface area contributed by atoms with Gasteiger partial charge in [0.25, 0.3) is 5.69 Å². The van der Waals surface area contributed by atoms with Gasteiger partial charge >= 0.3 is 5.82 Å². The Labute approximate surface area is 134 Å². The molecule has 0 saturated heterocycles. The Hall–Kier alpha value is -3.01. The smallest absolute Gasteiger partial charge is 0.358 e. The Morgan fingerprint density at radius 3 is 2.61 bits per heavy atom. The third kappa shape index (κ3) is 4.23. The van der Waals surface area contributed by atoms with Crippen molar-refractivity contribution >= 4 is 34.7 Å². The second-order valence-corrected chi connectivity index (χ2v) is 4.85. The lowest BCUT2D eigenvalue weighted by molar-refractivity contribution is -0.389. The molecule has 0 spiro atoms. The summed E-state index contributed by atoms with van der Waals surface area (Å²) in [5, 5.41) is 27.7. The quantitative estimate of drug-likeness (QED) is 0.634. The van der Waals surface area contributed by atoms with E-state index >= 15 is 0 Å². The first-order valence-electron chi connectivity index (χ1n) is 6.28. The summed E-state index contributed by atoms with van der Waals surface area (Å²) in [6.07, 6.45) is 1.31. The van der Waals surface area contributed by atoms with E-state index in [4.69, 9.17) is 11.6 Å². The van der Waals surface area contributed by atoms with Gasteiger partial charge < -0.3 is 15.4 Å². The number of halogens is 1. The van der Waals surface area contributed by atoms with Gasteiger partial charge in [-0.1, -0.05) is 11.6 Å². The molecule has 23 heavy (non-hydrogen) atoms. The molecule has 1 aromatic carbocycles. The van der Waals surface area contributed by atoms with Crippen LogP contribution in [-0.4, -0.2) is 25.5 Å². The number of aromatic nitrogens is 2. The van der Waals surface area contributed by atoms with E-state index in [9.17, 15) is 25.0 Å². The number of carbonyl (C=O) groups excluding carboxylic acids is 1. The molecule has 1 heterocycles. The second kappa shape index (κ2) is 6.83. The molecule has 0 atom stereocenters. The van der Waals surface area contributed by atoms with Gasteiger partial charge in [-0.3, -0.25) is 14.9 Å². The van der Waals surface area contributed by atoms with E-state index in [0.29, 0.717) is 0 Å². The highest BCUT2D eigenvalue weighted by molar-refractivity contribution is 6.31. The van der Waals surface area contributed by atoms with Gasteiger partial charge in [0, 0.05) is 17.5 Å². The average Bonchev–Trinajstić information content (AvgIpc) is 2.96. The highest BCUT2D eigenvalue weighted by Crippen LogP contribution is 2.27. The minimum absolute atomic E-state index is 0.0239. The van der Waals surface area contributed by atoms with E-state index in [1.54, 1.807) is 0 Å². The van der Waals surface area contributed by atoms with E-state index < -0.39 is 15.8 Å². The Balaban J connectivity index is 1.99. The topological polar surface area (TPSA) is 133 Å². The average molecular weight is 340 g/mol. The molecule has 0 radical (unpaired) electrons. The number of rotatable bonds is 6. The summed E-state index contributed by atoms with van der Waals surface area (Å²) in [6.45, 7) is 0.0983. The van der Waals surface area contributed by atoms with Gasteiger partial charge in [0.05, 0.1) is 28.8 Å². The van der Waals surface area contributed by atoms with Crippen molar-refractivity contribution in [1.82, 2.24) is 9.78 Å². The van der Waals surface area contributed by atoms with Gasteiger partial charge in [-0.25, -0.2) is 0 Å². The monoisotopic (exact) mass is 339 g/mol. The highest BCUT2D eigenvalue weighted by atomic mass is 35.5. The zero-order chi connectivity index (χ0) is 17.0. The lowest BCUT2D eigenvalue weighted by Gasteiger charge is -2.05. The molecule has 10 nitrogen and oxygen atoms in total. The molecule has 0 unspecified atom stereocenters. The fourth-order valence-corrected chi connectivity index (χ4v) is 1.93. The molecule has 0 saturated carbocycles. The third-order valence-electron chi connectivity index (χ3n) is 2.81. The second-order valence-electron chi connectivity index (χ2n) is 4.41. The first kappa shape index (κ1) is 16.4. The maximum atomic E-state index is 11.8. The van der Waals surface area contributed by atoms with Crippen molar-refractivity contribution in [1.29, 1.82) is 0 Å². The number of benzene rings is 1. The van der Waals surface area contributed by atoms with E-state index in [1.165, 1.54) is 29.1 Å². The number of nitrogens with one attached hydrogen (secondary N) is 1. The minimum atomic E-state index is -0.654. The third-order valence-corrected chi connectivity index (χ3v) is 3.05. The van der Waals surface area contributed by atoms with Crippen molar-refractivity contribution in [2.45, 2.75) is 13.0 Å². The summed E-state index contributed by atoms with van der Waals surface area (Å²) in [6, 6.07) is 5.09. The number of carbonyl (C=O) groups is 1. The summed E-state index contributed by atoms with van der Waals surface area (Å²) in [5.74, 6) is -0.813. The molecular weight excluding hydrogens is 330 g/mol. The first-order chi connectivity index (χ1) is 10.9. The molecule has 0 aliphatic rings. The van der Waals surface area contributed by atoms with Gasteiger partial charge in [-0.15, -0.1) is 0 Å². The highest BCUT2D eigenvalue weighted by Gasteiger charge is 2.17. The Morgan fingerprint density at radius 1 is 1.26 bits per heavy atom. The van der Waals surface area contributed by atoms with Crippen LogP contribution >= 0.6 is 11.6 Å². The summed E-state index contributed by atoms with van der Waals surface area (Å²) >= 11 is 5.68. The fourth-order valence-electron chi connectivity index (χ4n) is 1.76. The van der Waals surface area contributed by atoms with E-state index in [1.807, 2.05) is 0 Å². The molecule has 0 aliphatic heterocycles. The van der Waals surface area contributed by atoms with Crippen LogP contribution in [0.5, 0.6) is 0 Å². The number of hydrogen-bond donors (Lipinski definition) is 1. The number of nitro benzene ring substituents is 1. The fraction of sp³-hybridized carbons (Fsp3) is 0.167. The zero-order valence-electron chi connectivity index (χ0n) is 11.5. The number of anilines is 1. The SMILES string of the molecule is O=C(CCn1ccc([N+](=O)[O-])n1)Nc1ccc(Cl)cc1[N+](=O)[O-]. The van der Waals surface area contributed by atoms with Crippen molar-refractivity contribution in [3.8, 4) is 0 Å². The van der Waals surface area contributed by atoms with Crippen LogP contribution in [0.2, 0.25) is 5.02 Å². The number of amides is 1. The van der Waals surface area contributed by atoms with Crippen molar-refractivity contribution in [2.24, 2.45) is 0 Å². The zero-order valence-corrected chi connectivity index (χ0v) is 12.3. The molecule has 0 aliphatic carbocycles. The molecule has 2 aromatic rings. The van der Waals surface area contributed by atoms with E-state index in [0.717, 1.165) is 6.07 Å². The molecule has 120 valence electrons. The van der Waals surface area contributed by atoms with Gasteiger partial charge in [-0.05, 0) is 17.1 Å². The predicted octanol–water partition coefficient (Wildman–Crippen LogP) is 2.38. The van der Waals surface area contributed by atoms with Gasteiger partial charge in [0.15, 0.2) is 0 Å². The van der Waals surface area contributed by atoms with Gasteiger partial charge in [0.2, 0.25) is 5.91 Å². The molecule has 1 N–H and O–H groups in total. The standard InChI is InChI=1S/C12H10ClN5O5/c13-8-1-2-9(10(7-8)17(20)21)14-12(19)4-6-16-5-3-11(15-16)18(22)23/h1-3,5,7H,4,6H2,(H,14,19). The number of aryl methyl sites for hydroxylation is 1. The van der Waals surface area contributed by atoms with Crippen LogP contribution in [0.1, 0.15) is 6.42 Å². The van der Waals surface area contributed by atoms with Crippen LogP contribution in [0, 0.1) is 20.2 Å². The number of hydrogen-bond acceptors (Lipinski definition) is 6. The maximum absolute atomic E-state index is 11.8. The number of nitro groups is 2. The van der Waals surface area contributed by atoms with Crippen LogP contribution in [0.4, 0.5) is 17.2 Å². The Kier molecular flexibility index (Phi) is 4.86. The molecule has 1 aromatic heterocycles. The van der Waals surface area contributed by atoms with Gasteiger partial charge in [-0.2, -0.15) is 4.68 Å². The number of nitrogens with zero attached hydrogens (tertiary/aromatic N) is 4. The van der Waals surface area contributed by atoms with Crippen molar-refractivity contribution in [2.75, 3.05) is 5.32 Å². The molecule has 0 bridgehead atoms. The summed E-state index contributed by atoms with van der Waals surface area (Å²) < 4.78 is 1.24. The lowest BCUT2D eigenvalue weighted by Crippen LogP contribution is -2.15. The summed E-state index contributed by atoms with van der Waals surface area (Å²) in [7, 11) is 0. The van der Waals surface area contributed by atoms with Crippen LogP contribution in [0.15, 0.2) is 30.5 Å². The largest absolute Gasteiger partial charge is 0.389 e. The molecular formula is C12H10ClN5O5. The maximum Gasteiger partial charge on any atom is 0.389 e. The van der Waals surface area contributed by atoms with Crippen LogP contribution in [0.3, 0.4) is 0 Å². The molecule has 0 fully saturated rings. The summed E-state index contributed by atoms with van der Waals surface area (Å²) in [4.78, 5) is 32.0. The van der Waals surface area contributed by atoms with Crippen molar-refractivity contribution in [3.05, 3.63) is 55.7 Å². The van der Waals surface area contributed by atoms with Crippen LogP contribution in [-0.2, 0) is 11.3 Å². The van der Waals surface area contributed by atoms with E-state index in [-0.39, 0.29) is 35.2 Å². The van der Waals surface area contributed by atoms with Crippen LogP contribution in [0.25, 0.3) is 0 Å². The molecule has 2 rings (SSSR count). The lowest BCUT2D eigenvalue weighted by atomic mass is 10.2. The molecule has 1 amide bonds. The van der Waals surface area contributed by atoms with Crippen molar-refractivity contribution < 1.29 is 14.6 Å². The first-order valence-corrected chi connectivity index (χ1v) is 6.66.